The van der Waals surface area contributed by atoms with Crippen molar-refractivity contribution in [1.29, 1.82) is 0 Å². The largest absolute Gasteiger partial charge is 0.495 e. The summed E-state index contributed by atoms with van der Waals surface area (Å²) >= 11 is 12.8. The lowest BCUT2D eigenvalue weighted by Crippen LogP contribution is -2.50. The molecule has 1 fully saturated rings. The number of ether oxygens (including phenoxy) is 2. The Morgan fingerprint density at radius 1 is 0.897 bits per heavy atom. The van der Waals surface area contributed by atoms with E-state index in [-0.39, 0.29) is 19.2 Å². The number of nitrogens with zero attached hydrogens (tertiary/aromatic N) is 2. The maximum Gasteiger partial charge on any atom is 0.323 e. The molecule has 3 aromatic rings. The first-order valence-electron chi connectivity index (χ1n) is 12.2. The zero-order valence-corrected chi connectivity index (χ0v) is 22.8. The van der Waals surface area contributed by atoms with Crippen LogP contribution in [-0.4, -0.2) is 68.6 Å². The summed E-state index contributed by atoms with van der Waals surface area (Å²) in [6.45, 7) is 2.19. The van der Waals surface area contributed by atoms with E-state index in [2.05, 4.69) is 20.9 Å². The van der Waals surface area contributed by atoms with Crippen LogP contribution in [0.2, 0.25) is 10.0 Å². The summed E-state index contributed by atoms with van der Waals surface area (Å²) in [5, 5.41) is 18.1. The molecular formula is C27H29Cl2N5O5. The average Bonchev–Trinajstić information content (AvgIpc) is 2.93. The number of urea groups is 2. The zero-order valence-electron chi connectivity index (χ0n) is 21.2. The molecule has 1 saturated heterocycles. The first-order chi connectivity index (χ1) is 18.9. The molecule has 0 bridgehead atoms. The second-order valence-corrected chi connectivity index (χ2v) is 9.38. The van der Waals surface area contributed by atoms with E-state index in [1.54, 1.807) is 53.4 Å². The third-order valence-electron chi connectivity index (χ3n) is 6.01. The molecule has 4 rings (SSSR count). The van der Waals surface area contributed by atoms with Crippen molar-refractivity contribution in [2.45, 2.75) is 0 Å². The van der Waals surface area contributed by atoms with E-state index < -0.39 is 6.03 Å². The minimum absolute atomic E-state index is 0.101. The highest BCUT2D eigenvalue weighted by Gasteiger charge is 2.23. The predicted octanol–water partition coefficient (Wildman–Crippen LogP) is 5.37. The monoisotopic (exact) mass is 573 g/mol. The van der Waals surface area contributed by atoms with Crippen LogP contribution in [0.1, 0.15) is 0 Å². The summed E-state index contributed by atoms with van der Waals surface area (Å²) in [5.41, 5.74) is 2.38. The van der Waals surface area contributed by atoms with Gasteiger partial charge in [-0.05, 0) is 42.5 Å². The van der Waals surface area contributed by atoms with Gasteiger partial charge in [0.2, 0.25) is 0 Å². The fourth-order valence-electron chi connectivity index (χ4n) is 4.07. The Labute approximate surface area is 236 Å². The van der Waals surface area contributed by atoms with E-state index >= 15 is 0 Å². The van der Waals surface area contributed by atoms with Crippen LogP contribution in [-0.2, 0) is 0 Å². The summed E-state index contributed by atoms with van der Waals surface area (Å²) in [6, 6.07) is 16.7. The Morgan fingerprint density at radius 3 is 2.36 bits per heavy atom. The summed E-state index contributed by atoms with van der Waals surface area (Å²) in [5.74, 6) is 1.06. The number of aliphatic hydroxyl groups is 1. The number of piperazine rings is 1. The minimum Gasteiger partial charge on any atom is -0.495 e. The van der Waals surface area contributed by atoms with Crippen LogP contribution >= 0.6 is 23.2 Å². The van der Waals surface area contributed by atoms with Gasteiger partial charge in [0, 0.05) is 37.9 Å². The lowest BCUT2D eigenvalue weighted by Gasteiger charge is -2.36. The van der Waals surface area contributed by atoms with Gasteiger partial charge in [0.15, 0.2) is 0 Å². The number of aliphatic hydroxyl groups excluding tert-OH is 1. The number of nitrogens with one attached hydrogen (secondary N) is 3. The maximum atomic E-state index is 12.8. The molecule has 0 saturated carbocycles. The number of rotatable bonds is 8. The molecule has 10 nitrogen and oxygen atoms in total. The lowest BCUT2D eigenvalue weighted by molar-refractivity contribution is 0.201. The van der Waals surface area contributed by atoms with Crippen molar-refractivity contribution in [2.75, 3.05) is 67.4 Å². The number of halogens is 2. The molecule has 0 aliphatic carbocycles. The Kier molecular flexibility index (Phi) is 9.59. The van der Waals surface area contributed by atoms with Crippen molar-refractivity contribution in [2.24, 2.45) is 0 Å². The molecule has 1 heterocycles. The Bertz CT molecular complexity index is 1320. The van der Waals surface area contributed by atoms with Crippen molar-refractivity contribution >= 4 is 58.0 Å². The van der Waals surface area contributed by atoms with Crippen LogP contribution in [0, 0.1) is 0 Å². The summed E-state index contributed by atoms with van der Waals surface area (Å²) < 4.78 is 10.6. The lowest BCUT2D eigenvalue weighted by atomic mass is 10.2. The smallest absolute Gasteiger partial charge is 0.323 e. The van der Waals surface area contributed by atoms with Crippen LogP contribution in [0.25, 0.3) is 0 Å². The molecule has 0 aromatic heterocycles. The molecule has 0 unspecified atom stereocenters. The SMILES string of the molecule is COc1ccccc1NC(=O)Nc1ccc(N2CCN(C(=O)Nc3ccc(OCCO)cc3Cl)CC2)c(Cl)c1. The highest BCUT2D eigenvalue weighted by molar-refractivity contribution is 6.34. The third kappa shape index (κ3) is 7.38. The molecule has 3 aromatic carbocycles. The van der Waals surface area contributed by atoms with Crippen molar-refractivity contribution < 1.29 is 24.2 Å². The summed E-state index contributed by atoms with van der Waals surface area (Å²) in [4.78, 5) is 29.1. The second-order valence-electron chi connectivity index (χ2n) is 8.56. The number of carbonyl (C=O) groups excluding carboxylic acids is 2. The van der Waals surface area contributed by atoms with Crippen molar-refractivity contribution in [3.63, 3.8) is 0 Å². The number of benzene rings is 3. The van der Waals surface area contributed by atoms with Crippen LogP contribution in [0.4, 0.5) is 32.3 Å². The number of hydrogen-bond donors (Lipinski definition) is 4. The predicted molar refractivity (Wildman–Crippen MR) is 154 cm³/mol. The number of amides is 4. The van der Waals surface area contributed by atoms with Gasteiger partial charge in [0.05, 0.1) is 40.8 Å². The van der Waals surface area contributed by atoms with E-state index in [0.717, 1.165) is 5.69 Å². The first-order valence-corrected chi connectivity index (χ1v) is 13.0. The molecule has 39 heavy (non-hydrogen) atoms. The quantitative estimate of drug-likeness (QED) is 0.288. The molecule has 12 heteroatoms. The van der Waals surface area contributed by atoms with Gasteiger partial charge >= 0.3 is 12.1 Å². The van der Waals surface area contributed by atoms with E-state index in [0.29, 0.717) is 64.8 Å². The van der Waals surface area contributed by atoms with E-state index in [1.807, 2.05) is 12.1 Å². The molecular weight excluding hydrogens is 545 g/mol. The average molecular weight is 574 g/mol. The fraction of sp³-hybridized carbons (Fsp3) is 0.259. The topological polar surface area (TPSA) is 115 Å². The normalized spacial score (nSPS) is 13.0. The number of anilines is 4. The number of carbonyl (C=O) groups is 2. The molecule has 0 radical (unpaired) electrons. The van der Waals surface area contributed by atoms with Crippen LogP contribution < -0.4 is 30.3 Å². The third-order valence-corrected chi connectivity index (χ3v) is 6.63. The van der Waals surface area contributed by atoms with Gasteiger partial charge in [-0.3, -0.25) is 0 Å². The molecule has 1 aliphatic heterocycles. The second kappa shape index (κ2) is 13.3. The van der Waals surface area contributed by atoms with Crippen LogP contribution in [0.3, 0.4) is 0 Å². The molecule has 4 amide bonds. The fourth-order valence-corrected chi connectivity index (χ4v) is 4.59. The molecule has 4 N–H and O–H groups in total. The van der Waals surface area contributed by atoms with E-state index in [4.69, 9.17) is 37.8 Å². The Hall–Kier alpha value is -3.86. The van der Waals surface area contributed by atoms with Crippen molar-refractivity contribution in [3.05, 3.63) is 70.7 Å². The Morgan fingerprint density at radius 2 is 1.67 bits per heavy atom. The van der Waals surface area contributed by atoms with Gasteiger partial charge < -0.3 is 40.3 Å². The van der Waals surface area contributed by atoms with E-state index in [9.17, 15) is 9.59 Å². The maximum absolute atomic E-state index is 12.8. The number of hydrogen-bond acceptors (Lipinski definition) is 6. The zero-order chi connectivity index (χ0) is 27.8. The van der Waals surface area contributed by atoms with Gasteiger partial charge in [0.25, 0.3) is 0 Å². The van der Waals surface area contributed by atoms with Gasteiger partial charge in [-0.15, -0.1) is 0 Å². The highest BCUT2D eigenvalue weighted by atomic mass is 35.5. The molecule has 206 valence electrons. The Balaban J connectivity index is 1.29. The molecule has 0 spiro atoms. The van der Waals surface area contributed by atoms with E-state index in [1.165, 1.54) is 7.11 Å². The van der Waals surface area contributed by atoms with Gasteiger partial charge in [-0.1, -0.05) is 35.3 Å². The van der Waals surface area contributed by atoms with Crippen molar-refractivity contribution in [1.82, 2.24) is 4.90 Å². The molecule has 1 aliphatic rings. The molecule has 0 atom stereocenters. The highest BCUT2D eigenvalue weighted by Crippen LogP contribution is 2.31. The van der Waals surface area contributed by atoms with Crippen molar-refractivity contribution in [3.8, 4) is 11.5 Å². The van der Waals surface area contributed by atoms with Gasteiger partial charge in [0.1, 0.15) is 18.1 Å². The minimum atomic E-state index is -0.421. The summed E-state index contributed by atoms with van der Waals surface area (Å²) in [7, 11) is 1.54. The first kappa shape index (κ1) is 28.2. The number of para-hydroxylation sites is 2. The summed E-state index contributed by atoms with van der Waals surface area (Å²) in [6.07, 6.45) is 0. The van der Waals surface area contributed by atoms with Crippen LogP contribution in [0.5, 0.6) is 11.5 Å². The van der Waals surface area contributed by atoms with Gasteiger partial charge in [-0.2, -0.15) is 0 Å². The standard InChI is InChI=1S/C27H29Cl2N5O5/c1-38-25-5-3-2-4-23(25)31-26(36)30-18-6-9-24(21(29)16-18)33-10-12-34(13-11-33)27(37)32-22-8-7-19(17-20(22)28)39-15-14-35/h2-9,16-17,35H,10-15H2,1H3,(H,32,37)(H2,30,31,36). The van der Waals surface area contributed by atoms with Gasteiger partial charge in [-0.25, -0.2) is 9.59 Å². The van der Waals surface area contributed by atoms with Crippen LogP contribution in [0.15, 0.2) is 60.7 Å². The number of methoxy groups -OCH3 is 1.